The number of aryl methyl sites for hydroxylation is 2. The van der Waals surface area contributed by atoms with Crippen molar-refractivity contribution in [1.29, 1.82) is 0 Å². The first kappa shape index (κ1) is 14.3. The number of nitrogens with zero attached hydrogens (tertiary/aromatic N) is 2. The maximum Gasteiger partial charge on any atom is 0.240 e. The minimum atomic E-state index is 0.347. The molecule has 106 valence electrons. The predicted octanol–water partition coefficient (Wildman–Crippen LogP) is 3.21. The Bertz CT molecular complexity index is 554. The SMILES string of the molecule is CCCCc1ccc(Oc2cc(C)nc(NN)n2)cc1. The van der Waals surface area contributed by atoms with Gasteiger partial charge in [0.1, 0.15) is 5.75 Å². The number of nitrogens with one attached hydrogen (secondary N) is 1. The van der Waals surface area contributed by atoms with Crippen LogP contribution in [0.15, 0.2) is 30.3 Å². The maximum atomic E-state index is 5.71. The fraction of sp³-hybridized carbons (Fsp3) is 0.333. The van der Waals surface area contributed by atoms with E-state index in [0.29, 0.717) is 11.8 Å². The van der Waals surface area contributed by atoms with Crippen LogP contribution < -0.4 is 16.0 Å². The van der Waals surface area contributed by atoms with Crippen LogP contribution in [0.1, 0.15) is 31.0 Å². The number of nitrogen functional groups attached to an aromatic ring is 1. The summed E-state index contributed by atoms with van der Waals surface area (Å²) >= 11 is 0. The van der Waals surface area contributed by atoms with Crippen molar-refractivity contribution in [2.24, 2.45) is 5.84 Å². The fourth-order valence-electron chi connectivity index (χ4n) is 1.88. The molecule has 0 fully saturated rings. The van der Waals surface area contributed by atoms with E-state index in [1.165, 1.54) is 18.4 Å². The van der Waals surface area contributed by atoms with Gasteiger partial charge in [-0.05, 0) is 37.5 Å². The van der Waals surface area contributed by atoms with Crippen LogP contribution in [-0.4, -0.2) is 9.97 Å². The van der Waals surface area contributed by atoms with Gasteiger partial charge in [0, 0.05) is 11.8 Å². The maximum absolute atomic E-state index is 5.71. The van der Waals surface area contributed by atoms with Gasteiger partial charge >= 0.3 is 0 Å². The Morgan fingerprint density at radius 3 is 2.60 bits per heavy atom. The minimum Gasteiger partial charge on any atom is -0.439 e. The van der Waals surface area contributed by atoms with Crippen LogP contribution >= 0.6 is 0 Å². The van der Waals surface area contributed by atoms with E-state index in [1.54, 1.807) is 6.07 Å². The molecule has 0 bridgehead atoms. The number of ether oxygens (including phenoxy) is 1. The predicted molar refractivity (Wildman–Crippen MR) is 79.7 cm³/mol. The molecule has 0 aliphatic carbocycles. The third-order valence-electron chi connectivity index (χ3n) is 2.92. The Labute approximate surface area is 119 Å². The van der Waals surface area contributed by atoms with Gasteiger partial charge in [0.25, 0.3) is 0 Å². The van der Waals surface area contributed by atoms with Gasteiger partial charge in [-0.3, -0.25) is 5.43 Å². The third-order valence-corrected chi connectivity index (χ3v) is 2.92. The second-order valence-corrected chi connectivity index (χ2v) is 4.67. The molecule has 0 saturated heterocycles. The van der Waals surface area contributed by atoms with Crippen molar-refractivity contribution in [3.05, 3.63) is 41.6 Å². The lowest BCUT2D eigenvalue weighted by molar-refractivity contribution is 0.461. The summed E-state index contributed by atoms with van der Waals surface area (Å²) in [6.45, 7) is 4.06. The first-order chi connectivity index (χ1) is 9.71. The molecule has 0 aliphatic rings. The standard InChI is InChI=1S/C15H20N4O/c1-3-4-5-12-6-8-13(9-7-12)20-14-10-11(2)17-15(18-14)19-16/h6-10H,3-5,16H2,1-2H3,(H,17,18,19). The summed E-state index contributed by atoms with van der Waals surface area (Å²) in [4.78, 5) is 8.26. The van der Waals surface area contributed by atoms with Crippen LogP contribution in [0.25, 0.3) is 0 Å². The van der Waals surface area contributed by atoms with E-state index in [4.69, 9.17) is 10.6 Å². The summed E-state index contributed by atoms with van der Waals surface area (Å²) in [5.74, 6) is 6.90. The number of unbranched alkanes of at least 4 members (excludes halogenated alkanes) is 1. The van der Waals surface area contributed by atoms with Crippen molar-refractivity contribution >= 4 is 5.95 Å². The topological polar surface area (TPSA) is 73.1 Å². The molecule has 5 nitrogen and oxygen atoms in total. The molecule has 0 unspecified atom stereocenters. The van der Waals surface area contributed by atoms with E-state index in [1.807, 2.05) is 19.1 Å². The molecule has 2 aromatic rings. The van der Waals surface area contributed by atoms with Gasteiger partial charge in [-0.1, -0.05) is 25.5 Å². The molecule has 1 aromatic heterocycles. The van der Waals surface area contributed by atoms with Crippen LogP contribution in [-0.2, 0) is 6.42 Å². The van der Waals surface area contributed by atoms with Crippen molar-refractivity contribution < 1.29 is 4.74 Å². The molecule has 5 heteroatoms. The van der Waals surface area contributed by atoms with Crippen molar-refractivity contribution in [3.63, 3.8) is 0 Å². The van der Waals surface area contributed by atoms with Gasteiger partial charge in [0.05, 0.1) is 0 Å². The van der Waals surface area contributed by atoms with Crippen LogP contribution in [0, 0.1) is 6.92 Å². The van der Waals surface area contributed by atoms with Gasteiger partial charge < -0.3 is 4.74 Å². The zero-order valence-corrected chi connectivity index (χ0v) is 11.9. The number of hydrogen-bond donors (Lipinski definition) is 2. The van der Waals surface area contributed by atoms with E-state index in [9.17, 15) is 0 Å². The number of anilines is 1. The van der Waals surface area contributed by atoms with E-state index in [0.717, 1.165) is 17.9 Å². The van der Waals surface area contributed by atoms with Gasteiger partial charge in [0.2, 0.25) is 11.8 Å². The summed E-state index contributed by atoms with van der Waals surface area (Å²) in [6.07, 6.45) is 3.51. The number of hydrazine groups is 1. The second kappa shape index (κ2) is 6.86. The average Bonchev–Trinajstić information content (AvgIpc) is 2.46. The lowest BCUT2D eigenvalue weighted by atomic mass is 10.1. The molecule has 3 N–H and O–H groups in total. The van der Waals surface area contributed by atoms with Crippen LogP contribution in [0.5, 0.6) is 11.6 Å². The van der Waals surface area contributed by atoms with E-state index in [2.05, 4.69) is 34.5 Å². The third kappa shape index (κ3) is 3.93. The smallest absolute Gasteiger partial charge is 0.240 e. The first-order valence-electron chi connectivity index (χ1n) is 6.80. The Kier molecular flexibility index (Phi) is 4.90. The van der Waals surface area contributed by atoms with Gasteiger partial charge in [-0.2, -0.15) is 4.98 Å². The molecule has 1 heterocycles. The summed E-state index contributed by atoms with van der Waals surface area (Å²) in [6, 6.07) is 9.85. The molecule has 2 rings (SSSR count). The number of benzene rings is 1. The fourth-order valence-corrected chi connectivity index (χ4v) is 1.88. The lowest BCUT2D eigenvalue weighted by Crippen LogP contribution is -2.11. The van der Waals surface area contributed by atoms with Crippen LogP contribution in [0.2, 0.25) is 0 Å². The average molecular weight is 272 g/mol. The largest absolute Gasteiger partial charge is 0.439 e. The highest BCUT2D eigenvalue weighted by Crippen LogP contribution is 2.21. The Morgan fingerprint density at radius 1 is 1.20 bits per heavy atom. The quantitative estimate of drug-likeness (QED) is 0.624. The zero-order valence-electron chi connectivity index (χ0n) is 11.9. The summed E-state index contributed by atoms with van der Waals surface area (Å²) in [5.41, 5.74) is 4.54. The Morgan fingerprint density at radius 2 is 1.95 bits per heavy atom. The van der Waals surface area contributed by atoms with Crippen LogP contribution in [0.3, 0.4) is 0 Å². The summed E-state index contributed by atoms with van der Waals surface area (Å²) in [5, 5.41) is 0. The highest BCUT2D eigenvalue weighted by atomic mass is 16.5. The lowest BCUT2D eigenvalue weighted by Gasteiger charge is -2.08. The first-order valence-corrected chi connectivity index (χ1v) is 6.80. The molecular weight excluding hydrogens is 252 g/mol. The van der Waals surface area contributed by atoms with E-state index >= 15 is 0 Å². The minimum absolute atomic E-state index is 0.347. The number of rotatable bonds is 6. The van der Waals surface area contributed by atoms with Crippen LogP contribution in [0.4, 0.5) is 5.95 Å². The second-order valence-electron chi connectivity index (χ2n) is 4.67. The molecule has 0 aliphatic heterocycles. The molecule has 0 atom stereocenters. The van der Waals surface area contributed by atoms with Gasteiger partial charge in [-0.15, -0.1) is 0 Å². The van der Waals surface area contributed by atoms with Crippen molar-refractivity contribution in [2.45, 2.75) is 33.1 Å². The van der Waals surface area contributed by atoms with Gasteiger partial charge in [-0.25, -0.2) is 10.8 Å². The monoisotopic (exact) mass is 272 g/mol. The molecule has 1 aromatic carbocycles. The molecular formula is C15H20N4O. The summed E-state index contributed by atoms with van der Waals surface area (Å²) < 4.78 is 5.71. The van der Waals surface area contributed by atoms with E-state index in [-0.39, 0.29) is 0 Å². The molecule has 0 spiro atoms. The molecule has 0 radical (unpaired) electrons. The summed E-state index contributed by atoms with van der Waals surface area (Å²) in [7, 11) is 0. The number of aromatic nitrogens is 2. The normalized spacial score (nSPS) is 10.3. The van der Waals surface area contributed by atoms with Crippen molar-refractivity contribution in [2.75, 3.05) is 5.43 Å². The highest BCUT2D eigenvalue weighted by Gasteiger charge is 2.03. The van der Waals surface area contributed by atoms with E-state index < -0.39 is 0 Å². The number of nitrogens with two attached hydrogens (primary N) is 1. The molecule has 0 amide bonds. The van der Waals surface area contributed by atoms with Crippen molar-refractivity contribution in [3.8, 4) is 11.6 Å². The Hall–Kier alpha value is -2.14. The highest BCUT2D eigenvalue weighted by molar-refractivity contribution is 5.34. The molecule has 20 heavy (non-hydrogen) atoms. The van der Waals surface area contributed by atoms with Crippen molar-refractivity contribution in [1.82, 2.24) is 9.97 Å². The van der Waals surface area contributed by atoms with Gasteiger partial charge in [0.15, 0.2) is 0 Å². The zero-order chi connectivity index (χ0) is 14.4. The number of hydrogen-bond acceptors (Lipinski definition) is 5. The Balaban J connectivity index is 2.07. The molecule has 0 saturated carbocycles.